The van der Waals surface area contributed by atoms with E-state index in [0.29, 0.717) is 29.8 Å². The second-order valence-corrected chi connectivity index (χ2v) is 5.43. The molecule has 0 fully saturated rings. The number of halogens is 1. The molecule has 24 heavy (non-hydrogen) atoms. The SMILES string of the molecule is O=[N+]([O-])c1cc2c(NCCNc3ccccc3)ncnc2cc1Cl. The van der Waals surface area contributed by atoms with E-state index in [2.05, 4.69) is 20.6 Å². The third-order valence-electron chi connectivity index (χ3n) is 3.42. The van der Waals surface area contributed by atoms with Gasteiger partial charge in [-0.05, 0) is 18.2 Å². The Morgan fingerprint density at radius 3 is 2.58 bits per heavy atom. The number of hydrogen-bond acceptors (Lipinski definition) is 6. The zero-order valence-corrected chi connectivity index (χ0v) is 13.3. The van der Waals surface area contributed by atoms with Gasteiger partial charge in [-0.15, -0.1) is 0 Å². The van der Waals surface area contributed by atoms with Crippen LogP contribution in [0.15, 0.2) is 48.8 Å². The first-order valence-corrected chi connectivity index (χ1v) is 7.64. The monoisotopic (exact) mass is 343 g/mol. The Morgan fingerprint density at radius 2 is 1.83 bits per heavy atom. The summed E-state index contributed by atoms with van der Waals surface area (Å²) in [5, 5.41) is 18.1. The molecule has 0 spiro atoms. The van der Waals surface area contributed by atoms with Crippen molar-refractivity contribution in [2.45, 2.75) is 0 Å². The first-order valence-electron chi connectivity index (χ1n) is 7.26. The summed E-state index contributed by atoms with van der Waals surface area (Å²) >= 11 is 5.91. The summed E-state index contributed by atoms with van der Waals surface area (Å²) in [5.74, 6) is 0.537. The van der Waals surface area contributed by atoms with Gasteiger partial charge in [-0.25, -0.2) is 9.97 Å². The Labute approximate surface area is 142 Å². The van der Waals surface area contributed by atoms with Gasteiger partial charge in [0.1, 0.15) is 17.2 Å². The van der Waals surface area contributed by atoms with E-state index in [0.717, 1.165) is 5.69 Å². The molecule has 0 saturated heterocycles. The Hall–Kier alpha value is -2.93. The quantitative estimate of drug-likeness (QED) is 0.402. The molecular formula is C16H14ClN5O2. The van der Waals surface area contributed by atoms with Crippen molar-refractivity contribution >= 4 is 39.7 Å². The summed E-state index contributed by atoms with van der Waals surface area (Å²) in [7, 11) is 0. The van der Waals surface area contributed by atoms with E-state index in [-0.39, 0.29) is 10.7 Å². The second kappa shape index (κ2) is 7.10. The molecule has 0 aliphatic heterocycles. The number of hydrogen-bond donors (Lipinski definition) is 2. The number of anilines is 2. The van der Waals surface area contributed by atoms with Gasteiger partial charge in [-0.1, -0.05) is 29.8 Å². The van der Waals surface area contributed by atoms with Crippen LogP contribution in [0.1, 0.15) is 0 Å². The maximum absolute atomic E-state index is 11.0. The summed E-state index contributed by atoms with van der Waals surface area (Å²) in [6.07, 6.45) is 1.40. The molecule has 0 unspecified atom stereocenters. The fourth-order valence-electron chi connectivity index (χ4n) is 2.29. The zero-order chi connectivity index (χ0) is 16.9. The maximum Gasteiger partial charge on any atom is 0.288 e. The smallest absolute Gasteiger partial charge is 0.288 e. The van der Waals surface area contributed by atoms with Gasteiger partial charge in [0.15, 0.2) is 0 Å². The second-order valence-electron chi connectivity index (χ2n) is 5.02. The van der Waals surface area contributed by atoms with Crippen LogP contribution >= 0.6 is 11.6 Å². The Balaban J connectivity index is 1.74. The van der Waals surface area contributed by atoms with Crippen molar-refractivity contribution in [2.24, 2.45) is 0 Å². The third-order valence-corrected chi connectivity index (χ3v) is 3.72. The topological polar surface area (TPSA) is 93.0 Å². The van der Waals surface area contributed by atoms with E-state index in [1.807, 2.05) is 30.3 Å². The van der Waals surface area contributed by atoms with Crippen LogP contribution in [0.3, 0.4) is 0 Å². The van der Waals surface area contributed by atoms with Crippen LogP contribution in [0.2, 0.25) is 5.02 Å². The number of para-hydroxylation sites is 1. The lowest BCUT2D eigenvalue weighted by atomic mass is 10.2. The number of nitrogens with zero attached hydrogens (tertiary/aromatic N) is 3. The largest absolute Gasteiger partial charge is 0.383 e. The van der Waals surface area contributed by atoms with Crippen LogP contribution in [0, 0.1) is 10.1 Å². The van der Waals surface area contributed by atoms with E-state index in [1.165, 1.54) is 18.5 Å². The number of nitro groups is 1. The Morgan fingerprint density at radius 1 is 1.08 bits per heavy atom. The fourth-order valence-corrected chi connectivity index (χ4v) is 2.52. The standard InChI is InChI=1S/C16H14ClN5O2/c17-13-9-14-12(8-15(13)22(23)24)16(21-10-20-14)19-7-6-18-11-4-2-1-3-5-11/h1-5,8-10,18H,6-7H2,(H,19,20,21). The average Bonchev–Trinajstić information content (AvgIpc) is 2.58. The Kier molecular flexibility index (Phi) is 4.72. The highest BCUT2D eigenvalue weighted by molar-refractivity contribution is 6.33. The van der Waals surface area contributed by atoms with Crippen molar-refractivity contribution in [3.63, 3.8) is 0 Å². The summed E-state index contributed by atoms with van der Waals surface area (Å²) in [6.45, 7) is 1.27. The molecule has 1 aromatic heterocycles. The molecule has 0 aliphatic carbocycles. The van der Waals surface area contributed by atoms with Gasteiger partial charge in [-0.3, -0.25) is 10.1 Å². The van der Waals surface area contributed by atoms with E-state index in [1.54, 1.807) is 0 Å². The first-order chi connectivity index (χ1) is 11.6. The van der Waals surface area contributed by atoms with E-state index in [9.17, 15) is 10.1 Å². The lowest BCUT2D eigenvalue weighted by Crippen LogP contribution is -2.14. The normalized spacial score (nSPS) is 10.5. The van der Waals surface area contributed by atoms with E-state index < -0.39 is 4.92 Å². The number of fused-ring (bicyclic) bond motifs is 1. The molecule has 0 radical (unpaired) electrons. The molecule has 2 N–H and O–H groups in total. The molecular weight excluding hydrogens is 330 g/mol. The summed E-state index contributed by atoms with van der Waals surface area (Å²) in [6, 6.07) is 12.7. The van der Waals surface area contributed by atoms with Crippen molar-refractivity contribution in [3.05, 3.63) is 63.9 Å². The minimum absolute atomic E-state index is 0.0582. The van der Waals surface area contributed by atoms with Crippen molar-refractivity contribution < 1.29 is 4.92 Å². The van der Waals surface area contributed by atoms with Gasteiger partial charge in [0.05, 0.1) is 10.4 Å². The molecule has 0 amide bonds. The van der Waals surface area contributed by atoms with Crippen molar-refractivity contribution in [2.75, 3.05) is 23.7 Å². The summed E-state index contributed by atoms with van der Waals surface area (Å²) in [5.41, 5.74) is 1.41. The van der Waals surface area contributed by atoms with E-state index >= 15 is 0 Å². The zero-order valence-electron chi connectivity index (χ0n) is 12.6. The number of nitrogens with one attached hydrogen (secondary N) is 2. The molecule has 0 saturated carbocycles. The predicted molar refractivity (Wildman–Crippen MR) is 94.6 cm³/mol. The lowest BCUT2D eigenvalue weighted by Gasteiger charge is -2.10. The van der Waals surface area contributed by atoms with Gasteiger partial charge < -0.3 is 10.6 Å². The summed E-state index contributed by atoms with van der Waals surface area (Å²) < 4.78 is 0. The summed E-state index contributed by atoms with van der Waals surface area (Å²) in [4.78, 5) is 18.8. The fraction of sp³-hybridized carbons (Fsp3) is 0.125. The van der Waals surface area contributed by atoms with Crippen molar-refractivity contribution in [1.29, 1.82) is 0 Å². The highest BCUT2D eigenvalue weighted by Crippen LogP contribution is 2.31. The van der Waals surface area contributed by atoms with Crippen LogP contribution in [-0.4, -0.2) is 28.0 Å². The molecule has 122 valence electrons. The molecule has 2 aromatic carbocycles. The third kappa shape index (κ3) is 3.52. The highest BCUT2D eigenvalue weighted by Gasteiger charge is 2.16. The van der Waals surface area contributed by atoms with Crippen LogP contribution in [0.5, 0.6) is 0 Å². The number of rotatable bonds is 6. The van der Waals surface area contributed by atoms with Crippen molar-refractivity contribution in [1.82, 2.24) is 9.97 Å². The van der Waals surface area contributed by atoms with Gasteiger partial charge >= 0.3 is 0 Å². The molecule has 3 rings (SSSR count). The number of nitro benzene ring substituents is 1. The van der Waals surface area contributed by atoms with Crippen LogP contribution in [-0.2, 0) is 0 Å². The molecule has 0 bridgehead atoms. The number of aromatic nitrogens is 2. The van der Waals surface area contributed by atoms with Crippen molar-refractivity contribution in [3.8, 4) is 0 Å². The predicted octanol–water partition coefficient (Wildman–Crippen LogP) is 3.72. The minimum atomic E-state index is -0.518. The highest BCUT2D eigenvalue weighted by atomic mass is 35.5. The van der Waals surface area contributed by atoms with Crippen LogP contribution in [0.4, 0.5) is 17.2 Å². The lowest BCUT2D eigenvalue weighted by molar-refractivity contribution is -0.384. The van der Waals surface area contributed by atoms with Gasteiger partial charge in [0.2, 0.25) is 0 Å². The van der Waals surface area contributed by atoms with Crippen LogP contribution in [0.25, 0.3) is 10.9 Å². The first kappa shape index (κ1) is 15.9. The molecule has 7 nitrogen and oxygen atoms in total. The van der Waals surface area contributed by atoms with Gasteiger partial charge in [0.25, 0.3) is 5.69 Å². The van der Waals surface area contributed by atoms with Gasteiger partial charge in [0, 0.05) is 30.2 Å². The minimum Gasteiger partial charge on any atom is -0.383 e. The van der Waals surface area contributed by atoms with E-state index in [4.69, 9.17) is 11.6 Å². The molecule has 0 aliphatic rings. The molecule has 0 atom stereocenters. The van der Waals surface area contributed by atoms with Crippen LogP contribution < -0.4 is 10.6 Å². The Bertz CT molecular complexity index is 873. The number of benzene rings is 2. The van der Waals surface area contributed by atoms with Gasteiger partial charge in [-0.2, -0.15) is 0 Å². The molecule has 8 heteroatoms. The molecule has 1 heterocycles. The molecule has 3 aromatic rings. The maximum atomic E-state index is 11.0. The average molecular weight is 344 g/mol.